The van der Waals surface area contributed by atoms with Gasteiger partial charge in [-0.3, -0.25) is 32.4 Å². The van der Waals surface area contributed by atoms with Gasteiger partial charge >= 0.3 is 21.3 Å². The predicted molar refractivity (Wildman–Crippen MR) is 95.1 cm³/mol. The summed E-state index contributed by atoms with van der Waals surface area (Å²) in [5.41, 5.74) is -1.01. The van der Waals surface area contributed by atoms with Gasteiger partial charge in [-0.1, -0.05) is 0 Å². The van der Waals surface area contributed by atoms with E-state index in [-0.39, 0.29) is 12.0 Å². The van der Waals surface area contributed by atoms with Crippen molar-refractivity contribution in [3.63, 3.8) is 0 Å². The Morgan fingerprint density at radius 3 is 2.45 bits per heavy atom. The second-order valence-corrected chi connectivity index (χ2v) is 9.01. The molecule has 1 saturated heterocycles. The molecule has 0 bridgehead atoms. The average Bonchev–Trinajstić information content (AvgIpc) is 3.01. The van der Waals surface area contributed by atoms with Gasteiger partial charge in [0.15, 0.2) is 0 Å². The standard InChI is InChI=1S/C13H22N2O12P2/c1-8-6-15(13(18)14-12(8)17)11-5-9(16)10(27-11)7-26-29(21,22)25-4-3-24-28(19,20)23-2/h6,9-11,16H,3-5,7H2,1-2H3,(H,19,20)(H,21,22)(H,14,17,18). The van der Waals surface area contributed by atoms with Gasteiger partial charge in [0.2, 0.25) is 0 Å². The van der Waals surface area contributed by atoms with Gasteiger partial charge in [-0.05, 0) is 6.92 Å². The van der Waals surface area contributed by atoms with Gasteiger partial charge < -0.3 is 19.6 Å². The van der Waals surface area contributed by atoms with Crippen molar-refractivity contribution in [2.24, 2.45) is 0 Å². The molecule has 2 heterocycles. The Morgan fingerprint density at radius 1 is 1.21 bits per heavy atom. The van der Waals surface area contributed by atoms with E-state index >= 15 is 0 Å². The summed E-state index contributed by atoms with van der Waals surface area (Å²) < 4.78 is 47.3. The fourth-order valence-electron chi connectivity index (χ4n) is 2.40. The molecular weight excluding hydrogens is 438 g/mol. The monoisotopic (exact) mass is 460 g/mol. The highest BCUT2D eigenvalue weighted by molar-refractivity contribution is 7.47. The Morgan fingerprint density at radius 2 is 1.83 bits per heavy atom. The number of hydrogen-bond donors (Lipinski definition) is 4. The van der Waals surface area contributed by atoms with Crippen LogP contribution in [0.3, 0.4) is 0 Å². The van der Waals surface area contributed by atoms with E-state index < -0.39 is 65.2 Å². The molecule has 0 radical (unpaired) electrons. The molecule has 1 aromatic rings. The van der Waals surface area contributed by atoms with Crippen molar-refractivity contribution in [2.75, 3.05) is 26.9 Å². The third-order valence-corrected chi connectivity index (χ3v) is 5.84. The van der Waals surface area contributed by atoms with Crippen molar-refractivity contribution < 1.29 is 46.9 Å². The lowest BCUT2D eigenvalue weighted by Crippen LogP contribution is -2.33. The van der Waals surface area contributed by atoms with Gasteiger partial charge in [-0.2, -0.15) is 0 Å². The maximum absolute atomic E-state index is 11.9. The molecule has 0 amide bonds. The van der Waals surface area contributed by atoms with Crippen molar-refractivity contribution in [3.05, 3.63) is 32.6 Å². The predicted octanol–water partition coefficient (Wildman–Crippen LogP) is -0.610. The van der Waals surface area contributed by atoms with Crippen molar-refractivity contribution in [2.45, 2.75) is 31.8 Å². The quantitative estimate of drug-likeness (QED) is 0.256. The van der Waals surface area contributed by atoms with Crippen molar-refractivity contribution in [1.29, 1.82) is 0 Å². The molecule has 5 atom stereocenters. The van der Waals surface area contributed by atoms with Crippen LogP contribution in [0.5, 0.6) is 0 Å². The van der Waals surface area contributed by atoms with Gasteiger partial charge in [0.1, 0.15) is 12.3 Å². The number of aryl methyl sites for hydroxylation is 1. The zero-order chi connectivity index (χ0) is 21.8. The Labute approximate surface area is 164 Å². The highest BCUT2D eigenvalue weighted by Gasteiger charge is 2.37. The van der Waals surface area contributed by atoms with Gasteiger partial charge in [0.05, 0.1) is 25.9 Å². The summed E-state index contributed by atoms with van der Waals surface area (Å²) in [5, 5.41) is 10.1. The number of phosphoric ester groups is 2. The van der Waals surface area contributed by atoms with Crippen LogP contribution in [0.1, 0.15) is 18.2 Å². The van der Waals surface area contributed by atoms with E-state index in [1.54, 1.807) is 0 Å². The van der Waals surface area contributed by atoms with Crippen LogP contribution in [0.4, 0.5) is 0 Å². The van der Waals surface area contributed by atoms with Gasteiger partial charge in [-0.25, -0.2) is 13.9 Å². The van der Waals surface area contributed by atoms with Crippen LogP contribution in [-0.2, 0) is 32.0 Å². The first-order chi connectivity index (χ1) is 13.4. The number of aromatic amines is 1. The van der Waals surface area contributed by atoms with Crippen molar-refractivity contribution >= 4 is 15.6 Å². The van der Waals surface area contributed by atoms with Crippen LogP contribution < -0.4 is 11.2 Å². The fourth-order valence-corrected chi connectivity index (χ4v) is 3.52. The second-order valence-electron chi connectivity index (χ2n) is 5.99. The molecule has 2 rings (SSSR count). The molecule has 0 saturated carbocycles. The number of aliphatic hydroxyl groups is 1. The largest absolute Gasteiger partial charge is 0.472 e. The summed E-state index contributed by atoms with van der Waals surface area (Å²) >= 11 is 0. The fraction of sp³-hybridized carbons (Fsp3) is 0.692. The number of H-pyrrole nitrogens is 1. The lowest BCUT2D eigenvalue weighted by molar-refractivity contribution is -0.0468. The maximum Gasteiger partial charge on any atom is 0.472 e. The SMILES string of the molecule is COP(=O)(O)OCCOP(=O)(O)OCC1OC(n2cc(C)c(=O)[nH]c2=O)CC1O. The normalized spacial score (nSPS) is 26.2. The summed E-state index contributed by atoms with van der Waals surface area (Å²) in [7, 11) is -7.87. The van der Waals surface area contributed by atoms with Gasteiger partial charge in [0, 0.05) is 25.3 Å². The molecule has 16 heteroatoms. The molecule has 0 spiro atoms. The second kappa shape index (κ2) is 9.75. The van der Waals surface area contributed by atoms with Crippen LogP contribution in [0, 0.1) is 6.92 Å². The van der Waals surface area contributed by atoms with E-state index in [2.05, 4.69) is 18.6 Å². The van der Waals surface area contributed by atoms with E-state index in [1.807, 2.05) is 0 Å². The minimum Gasteiger partial charge on any atom is -0.390 e. The molecule has 1 fully saturated rings. The molecule has 29 heavy (non-hydrogen) atoms. The van der Waals surface area contributed by atoms with E-state index in [0.717, 1.165) is 11.7 Å². The zero-order valence-electron chi connectivity index (χ0n) is 15.5. The number of hydrogen-bond acceptors (Lipinski definition) is 10. The van der Waals surface area contributed by atoms with Crippen LogP contribution in [0.25, 0.3) is 0 Å². The van der Waals surface area contributed by atoms with E-state index in [9.17, 15) is 28.7 Å². The third kappa shape index (κ3) is 6.93. The molecule has 14 nitrogen and oxygen atoms in total. The highest BCUT2D eigenvalue weighted by Crippen LogP contribution is 2.45. The Balaban J connectivity index is 1.87. The number of nitrogens with zero attached hydrogens (tertiary/aromatic N) is 1. The number of ether oxygens (including phenoxy) is 1. The molecule has 0 aromatic carbocycles. The molecule has 0 aliphatic carbocycles. The number of aromatic nitrogens is 2. The van der Waals surface area contributed by atoms with Gasteiger partial charge in [-0.15, -0.1) is 0 Å². The molecule has 1 aromatic heterocycles. The van der Waals surface area contributed by atoms with E-state index in [1.165, 1.54) is 13.1 Å². The molecule has 166 valence electrons. The number of nitrogens with one attached hydrogen (secondary N) is 1. The average molecular weight is 460 g/mol. The summed E-state index contributed by atoms with van der Waals surface area (Å²) in [4.78, 5) is 44.0. The molecule has 1 aliphatic rings. The van der Waals surface area contributed by atoms with E-state index in [4.69, 9.17) is 14.2 Å². The summed E-state index contributed by atoms with van der Waals surface area (Å²) in [6.45, 7) is -0.120. The lowest BCUT2D eigenvalue weighted by atomic mass is 10.2. The molecule has 5 unspecified atom stereocenters. The summed E-state index contributed by atoms with van der Waals surface area (Å²) in [6, 6.07) is 0. The lowest BCUT2D eigenvalue weighted by Gasteiger charge is -2.18. The van der Waals surface area contributed by atoms with E-state index in [0.29, 0.717) is 0 Å². The first-order valence-corrected chi connectivity index (χ1v) is 11.2. The minimum atomic E-state index is -4.58. The molecular formula is C13H22N2O12P2. The van der Waals surface area contributed by atoms with Crippen LogP contribution in [-0.4, -0.2) is 63.6 Å². The topological polar surface area (TPSA) is 196 Å². The minimum absolute atomic E-state index is 0.0212. The first-order valence-electron chi connectivity index (χ1n) is 8.24. The Bertz CT molecular complexity index is 914. The summed E-state index contributed by atoms with van der Waals surface area (Å²) in [6.07, 6.45) is -1.83. The highest BCUT2D eigenvalue weighted by atomic mass is 31.2. The van der Waals surface area contributed by atoms with Crippen LogP contribution in [0.2, 0.25) is 0 Å². The number of phosphoric acid groups is 2. The zero-order valence-corrected chi connectivity index (χ0v) is 17.3. The van der Waals surface area contributed by atoms with Crippen molar-refractivity contribution in [3.8, 4) is 0 Å². The number of aliphatic hydroxyl groups excluding tert-OH is 1. The molecule has 1 aliphatic heterocycles. The van der Waals surface area contributed by atoms with Crippen LogP contribution >= 0.6 is 15.6 Å². The van der Waals surface area contributed by atoms with Crippen molar-refractivity contribution in [1.82, 2.24) is 9.55 Å². The Kier molecular flexibility index (Phi) is 8.10. The Hall–Kier alpha value is -1.18. The van der Waals surface area contributed by atoms with Crippen LogP contribution in [0.15, 0.2) is 15.8 Å². The first kappa shape index (κ1) is 24.1. The molecule has 4 N–H and O–H groups in total. The smallest absolute Gasteiger partial charge is 0.390 e. The summed E-state index contributed by atoms with van der Waals surface area (Å²) in [5.74, 6) is 0. The van der Waals surface area contributed by atoms with Gasteiger partial charge in [0.25, 0.3) is 5.56 Å². The number of rotatable bonds is 10. The third-order valence-electron chi connectivity index (χ3n) is 3.89. The maximum atomic E-state index is 11.9.